The van der Waals surface area contributed by atoms with Gasteiger partial charge in [0.05, 0.1) is 5.92 Å². The molecule has 1 amide bonds. The van der Waals surface area contributed by atoms with Crippen LogP contribution in [0.4, 0.5) is 5.69 Å². The molecule has 1 aromatic carbocycles. The Labute approximate surface area is 125 Å². The zero-order valence-electron chi connectivity index (χ0n) is 12.9. The molecule has 0 aliphatic heterocycles. The van der Waals surface area contributed by atoms with Gasteiger partial charge in [0.2, 0.25) is 0 Å². The monoisotopic (exact) mass is 289 g/mol. The van der Waals surface area contributed by atoms with Crippen LogP contribution < -0.4 is 5.32 Å². The first-order valence-corrected chi connectivity index (χ1v) is 7.64. The molecule has 0 heterocycles. The van der Waals surface area contributed by atoms with Gasteiger partial charge in [0, 0.05) is 5.69 Å². The van der Waals surface area contributed by atoms with E-state index in [9.17, 15) is 9.59 Å². The number of aryl methyl sites for hydroxylation is 2. The number of anilines is 1. The first-order valence-electron chi connectivity index (χ1n) is 7.64. The van der Waals surface area contributed by atoms with Gasteiger partial charge in [-0.05, 0) is 36.3 Å². The molecule has 0 bridgehead atoms. The van der Waals surface area contributed by atoms with Crippen molar-refractivity contribution in [2.24, 2.45) is 11.8 Å². The maximum atomic E-state index is 12.0. The Balaban J connectivity index is 1.94. The summed E-state index contributed by atoms with van der Waals surface area (Å²) in [4.78, 5) is 23.6. The van der Waals surface area contributed by atoms with Crippen LogP contribution in [0.3, 0.4) is 0 Å². The van der Waals surface area contributed by atoms with Crippen molar-refractivity contribution in [3.8, 4) is 0 Å². The van der Waals surface area contributed by atoms with Crippen LogP contribution in [-0.2, 0) is 27.2 Å². The summed E-state index contributed by atoms with van der Waals surface area (Å²) in [7, 11) is 0. The van der Waals surface area contributed by atoms with Crippen LogP contribution in [0, 0.1) is 11.8 Å². The number of ether oxygens (including phenoxy) is 1. The number of hydrogen-bond donors (Lipinski definition) is 1. The fourth-order valence-corrected chi connectivity index (χ4v) is 2.47. The number of esters is 1. The van der Waals surface area contributed by atoms with Gasteiger partial charge in [-0.15, -0.1) is 0 Å². The number of hydrogen-bond acceptors (Lipinski definition) is 3. The maximum absolute atomic E-state index is 12.0. The van der Waals surface area contributed by atoms with Crippen molar-refractivity contribution in [3.05, 3.63) is 29.3 Å². The normalized spacial score (nSPS) is 20.0. The first kappa shape index (κ1) is 15.5. The smallest absolute Gasteiger partial charge is 0.309 e. The van der Waals surface area contributed by atoms with Crippen molar-refractivity contribution in [1.82, 2.24) is 0 Å². The molecule has 2 rings (SSSR count). The number of nitrogens with one attached hydrogen (secondary N) is 1. The van der Waals surface area contributed by atoms with Crippen molar-refractivity contribution in [1.29, 1.82) is 0 Å². The summed E-state index contributed by atoms with van der Waals surface area (Å²) in [5, 5.41) is 2.89. The Hall–Kier alpha value is -1.84. The van der Waals surface area contributed by atoms with Crippen LogP contribution in [-0.4, -0.2) is 18.5 Å². The molecule has 1 aliphatic rings. The standard InChI is InChI=1S/C17H23NO3/c1-4-12-7-6-8-13(5-2)16(12)18-15(19)10-21-17(20)14-9-11(14)3/h6-8,11,14H,4-5,9-10H2,1-3H3,(H,18,19)/t11-,14+/m1/s1. The highest BCUT2D eigenvalue weighted by Crippen LogP contribution is 2.38. The summed E-state index contributed by atoms with van der Waals surface area (Å²) in [6.45, 7) is 5.91. The van der Waals surface area contributed by atoms with E-state index in [-0.39, 0.29) is 24.4 Å². The lowest BCUT2D eigenvalue weighted by molar-refractivity contribution is -0.148. The predicted octanol–water partition coefficient (Wildman–Crippen LogP) is 2.95. The van der Waals surface area contributed by atoms with Gasteiger partial charge in [0.15, 0.2) is 6.61 Å². The van der Waals surface area contributed by atoms with E-state index < -0.39 is 0 Å². The third kappa shape index (κ3) is 3.84. The lowest BCUT2D eigenvalue weighted by Gasteiger charge is -2.14. The third-order valence-electron chi connectivity index (χ3n) is 4.02. The molecule has 0 unspecified atom stereocenters. The van der Waals surface area contributed by atoms with E-state index in [4.69, 9.17) is 4.74 Å². The molecule has 0 saturated heterocycles. The summed E-state index contributed by atoms with van der Waals surface area (Å²) in [6, 6.07) is 6.02. The molecule has 4 heteroatoms. The number of rotatable bonds is 6. The largest absolute Gasteiger partial charge is 0.455 e. The summed E-state index contributed by atoms with van der Waals surface area (Å²) in [5.74, 6) is -0.135. The summed E-state index contributed by atoms with van der Waals surface area (Å²) < 4.78 is 5.07. The highest BCUT2D eigenvalue weighted by Gasteiger charge is 2.40. The molecule has 114 valence electrons. The van der Waals surface area contributed by atoms with Crippen LogP contribution in [0.2, 0.25) is 0 Å². The van der Waals surface area contributed by atoms with Gasteiger partial charge in [-0.3, -0.25) is 9.59 Å². The van der Waals surface area contributed by atoms with Gasteiger partial charge >= 0.3 is 5.97 Å². The molecule has 1 fully saturated rings. The second-order valence-corrected chi connectivity index (χ2v) is 5.63. The molecular weight excluding hydrogens is 266 g/mol. The summed E-state index contributed by atoms with van der Waals surface area (Å²) in [5.41, 5.74) is 3.07. The van der Waals surface area contributed by atoms with Crippen LogP contribution in [0.15, 0.2) is 18.2 Å². The molecule has 1 aromatic rings. The Morgan fingerprint density at radius 3 is 2.29 bits per heavy atom. The molecule has 4 nitrogen and oxygen atoms in total. The average Bonchev–Trinajstić information content (AvgIpc) is 3.22. The van der Waals surface area contributed by atoms with Crippen molar-refractivity contribution >= 4 is 17.6 Å². The molecule has 1 aliphatic carbocycles. The molecular formula is C17H23NO3. The van der Waals surface area contributed by atoms with Gasteiger partial charge in [-0.1, -0.05) is 39.0 Å². The predicted molar refractivity (Wildman–Crippen MR) is 82.1 cm³/mol. The van der Waals surface area contributed by atoms with Crippen LogP contribution in [0.5, 0.6) is 0 Å². The Morgan fingerprint density at radius 1 is 1.24 bits per heavy atom. The average molecular weight is 289 g/mol. The lowest BCUT2D eigenvalue weighted by atomic mass is 10.0. The zero-order valence-corrected chi connectivity index (χ0v) is 12.9. The SMILES string of the molecule is CCc1cccc(CC)c1NC(=O)COC(=O)[C@H]1C[C@H]1C. The minimum atomic E-state index is -0.271. The number of carbonyl (C=O) groups excluding carboxylic acids is 2. The molecule has 0 spiro atoms. The first-order chi connectivity index (χ1) is 10.1. The second-order valence-electron chi connectivity index (χ2n) is 5.63. The van der Waals surface area contributed by atoms with Gasteiger partial charge < -0.3 is 10.1 Å². The van der Waals surface area contributed by atoms with E-state index in [1.165, 1.54) is 0 Å². The number of amides is 1. The number of para-hydroxylation sites is 1. The van der Waals surface area contributed by atoms with E-state index in [0.29, 0.717) is 5.92 Å². The van der Waals surface area contributed by atoms with Crippen LogP contribution >= 0.6 is 0 Å². The van der Waals surface area contributed by atoms with E-state index >= 15 is 0 Å². The molecule has 1 N–H and O–H groups in total. The highest BCUT2D eigenvalue weighted by atomic mass is 16.5. The number of carbonyl (C=O) groups is 2. The summed E-state index contributed by atoms with van der Waals surface area (Å²) >= 11 is 0. The third-order valence-corrected chi connectivity index (χ3v) is 4.02. The number of benzene rings is 1. The van der Waals surface area contributed by atoms with Gasteiger partial charge in [0.1, 0.15) is 0 Å². The zero-order chi connectivity index (χ0) is 15.4. The fraction of sp³-hybridized carbons (Fsp3) is 0.529. The molecule has 1 saturated carbocycles. The van der Waals surface area contributed by atoms with E-state index in [1.54, 1.807) is 0 Å². The molecule has 0 radical (unpaired) electrons. The molecule has 21 heavy (non-hydrogen) atoms. The van der Waals surface area contributed by atoms with E-state index in [0.717, 1.165) is 36.1 Å². The Kier molecular flexibility index (Phi) is 4.99. The lowest BCUT2D eigenvalue weighted by Crippen LogP contribution is -2.23. The second kappa shape index (κ2) is 6.74. The fourth-order valence-electron chi connectivity index (χ4n) is 2.47. The van der Waals surface area contributed by atoms with Crippen molar-refractivity contribution < 1.29 is 14.3 Å². The minimum Gasteiger partial charge on any atom is -0.455 e. The maximum Gasteiger partial charge on any atom is 0.309 e. The van der Waals surface area contributed by atoms with Gasteiger partial charge in [0.25, 0.3) is 5.91 Å². The minimum absolute atomic E-state index is 0.00747. The quantitative estimate of drug-likeness (QED) is 0.819. The van der Waals surface area contributed by atoms with Crippen molar-refractivity contribution in [3.63, 3.8) is 0 Å². The summed E-state index contributed by atoms with van der Waals surface area (Å²) in [6.07, 6.45) is 2.57. The van der Waals surface area contributed by atoms with E-state index in [2.05, 4.69) is 19.2 Å². The van der Waals surface area contributed by atoms with E-state index in [1.807, 2.05) is 25.1 Å². The Morgan fingerprint density at radius 2 is 1.81 bits per heavy atom. The molecule has 0 aromatic heterocycles. The van der Waals surface area contributed by atoms with Crippen molar-refractivity contribution in [2.75, 3.05) is 11.9 Å². The highest BCUT2D eigenvalue weighted by molar-refractivity contribution is 5.94. The Bertz CT molecular complexity index is 517. The van der Waals surface area contributed by atoms with Crippen LogP contribution in [0.25, 0.3) is 0 Å². The van der Waals surface area contributed by atoms with Gasteiger partial charge in [-0.25, -0.2) is 0 Å². The van der Waals surface area contributed by atoms with Crippen molar-refractivity contribution in [2.45, 2.75) is 40.0 Å². The molecule has 2 atom stereocenters. The van der Waals surface area contributed by atoms with Gasteiger partial charge in [-0.2, -0.15) is 0 Å². The topological polar surface area (TPSA) is 55.4 Å². The van der Waals surface area contributed by atoms with Crippen LogP contribution in [0.1, 0.15) is 38.3 Å².